The lowest BCUT2D eigenvalue weighted by Crippen LogP contribution is -2.15. The van der Waals surface area contributed by atoms with Crippen LogP contribution in [-0.4, -0.2) is 16.5 Å². The number of fused-ring (bicyclic) bond motifs is 2. The summed E-state index contributed by atoms with van der Waals surface area (Å²) in [5, 5.41) is 0. The fourth-order valence-electron chi connectivity index (χ4n) is 4.54. The van der Waals surface area contributed by atoms with Gasteiger partial charge in [0.1, 0.15) is 5.78 Å². The number of Topliss-reactive ketones (excluding diaryl/α,β-unsaturated/α-hetero) is 1. The highest BCUT2D eigenvalue weighted by atomic mass is 16.1. The van der Waals surface area contributed by atoms with E-state index in [0.717, 1.165) is 54.0 Å². The number of pyridine rings is 1. The maximum Gasteiger partial charge on any atom is 0.133 e. The Hall–Kier alpha value is -3.13. The number of hydrogen-bond acceptors (Lipinski definition) is 5. The second-order valence-electron chi connectivity index (χ2n) is 9.07. The van der Waals surface area contributed by atoms with Crippen LogP contribution in [0.2, 0.25) is 0 Å². The molecule has 4 bridgehead atoms. The van der Waals surface area contributed by atoms with Crippen molar-refractivity contribution in [2.24, 2.45) is 4.99 Å². The van der Waals surface area contributed by atoms with E-state index in [9.17, 15) is 4.79 Å². The van der Waals surface area contributed by atoms with E-state index in [1.165, 1.54) is 44.1 Å². The standard InChI is InChI=1S/C28H34N4O/c33-26-13-8-6-4-2-1-3-5-7-10-22-11-9-12-25(20-22)32-30-19-17-24-21-27-28(31-24)23(14-15-26)16-18-29-27/h9,11-12,16,18,20,30,32H,1-8,10,13-15,21H2. The molecular weight excluding hydrogens is 408 g/mol. The molecule has 5 heteroatoms. The Morgan fingerprint density at radius 1 is 0.848 bits per heavy atom. The number of ketones is 1. The summed E-state index contributed by atoms with van der Waals surface area (Å²) in [4.78, 5) is 21.6. The Labute approximate surface area is 197 Å². The van der Waals surface area contributed by atoms with Crippen molar-refractivity contribution in [2.75, 3.05) is 5.43 Å². The van der Waals surface area contributed by atoms with Crippen molar-refractivity contribution in [1.82, 2.24) is 10.4 Å². The number of hydrazine groups is 1. The molecule has 0 spiro atoms. The van der Waals surface area contributed by atoms with Crippen LogP contribution in [0.4, 0.5) is 11.4 Å². The zero-order chi connectivity index (χ0) is 22.7. The predicted octanol–water partition coefficient (Wildman–Crippen LogP) is 5.86. The average molecular weight is 443 g/mol. The minimum Gasteiger partial charge on any atom is -0.300 e. The highest BCUT2D eigenvalue weighted by Crippen LogP contribution is 2.30. The topological polar surface area (TPSA) is 66.4 Å². The molecule has 2 aliphatic rings. The Morgan fingerprint density at radius 3 is 2.48 bits per heavy atom. The molecule has 1 aromatic carbocycles. The van der Waals surface area contributed by atoms with Gasteiger partial charge in [0.25, 0.3) is 0 Å². The van der Waals surface area contributed by atoms with Crippen LogP contribution >= 0.6 is 0 Å². The van der Waals surface area contributed by atoms with Gasteiger partial charge in [0.2, 0.25) is 0 Å². The molecule has 0 atom stereocenters. The lowest BCUT2D eigenvalue weighted by molar-refractivity contribution is -0.119. The smallest absolute Gasteiger partial charge is 0.133 e. The van der Waals surface area contributed by atoms with Crippen molar-refractivity contribution in [3.05, 3.63) is 53.3 Å². The first-order valence-electron chi connectivity index (χ1n) is 12.4. The summed E-state index contributed by atoms with van der Waals surface area (Å²) in [5.41, 5.74) is 12.3. The van der Waals surface area contributed by atoms with E-state index in [1.54, 1.807) is 0 Å². The molecule has 2 N–H and O–H groups in total. The molecule has 0 fully saturated rings. The summed E-state index contributed by atoms with van der Waals surface area (Å²) in [6.07, 6.45) is 15.4. The number of anilines is 1. The van der Waals surface area contributed by atoms with E-state index < -0.39 is 0 Å². The molecule has 2 aromatic rings. The minimum absolute atomic E-state index is 0.357. The Kier molecular flexibility index (Phi) is 8.52. The monoisotopic (exact) mass is 442 g/mol. The first-order chi connectivity index (χ1) is 16.3. The molecule has 0 aliphatic carbocycles. The zero-order valence-electron chi connectivity index (χ0n) is 19.5. The summed E-state index contributed by atoms with van der Waals surface area (Å²) < 4.78 is 0. The lowest BCUT2D eigenvalue weighted by Gasteiger charge is -2.07. The third-order valence-electron chi connectivity index (χ3n) is 6.41. The van der Waals surface area contributed by atoms with Gasteiger partial charge in [-0.15, -0.1) is 0 Å². The van der Waals surface area contributed by atoms with Gasteiger partial charge < -0.3 is 0 Å². The SMILES string of the molecule is O=C1CCCCCCCCCCc2cccc(c2)NNC#CC2=Nc3c(ccnc3C2)CC1. The van der Waals surface area contributed by atoms with Crippen LogP contribution in [-0.2, 0) is 24.1 Å². The maximum atomic E-state index is 12.4. The molecule has 1 aromatic heterocycles. The maximum absolute atomic E-state index is 12.4. The van der Waals surface area contributed by atoms with Gasteiger partial charge in [0, 0.05) is 31.5 Å². The number of carbonyl (C=O) groups is 1. The second kappa shape index (κ2) is 12.2. The number of carbonyl (C=O) groups excluding carboxylic acids is 1. The first kappa shape index (κ1) is 23.0. The fraction of sp³-hybridized carbons (Fsp3) is 0.464. The van der Waals surface area contributed by atoms with Crippen molar-refractivity contribution >= 4 is 22.9 Å². The highest BCUT2D eigenvalue weighted by Gasteiger charge is 2.18. The number of rotatable bonds is 0. The van der Waals surface area contributed by atoms with E-state index in [-0.39, 0.29) is 0 Å². The Morgan fingerprint density at radius 2 is 1.64 bits per heavy atom. The summed E-state index contributed by atoms with van der Waals surface area (Å²) in [6, 6.07) is 13.5. The van der Waals surface area contributed by atoms with Gasteiger partial charge >= 0.3 is 0 Å². The summed E-state index contributed by atoms with van der Waals surface area (Å²) in [5.74, 6) is 3.46. The summed E-state index contributed by atoms with van der Waals surface area (Å²) in [6.45, 7) is 0. The quantitative estimate of drug-likeness (QED) is 0.502. The normalized spacial score (nSPS) is 18.1. The van der Waals surface area contributed by atoms with Gasteiger partial charge in [-0.05, 0) is 60.9 Å². The van der Waals surface area contributed by atoms with Crippen LogP contribution in [0.5, 0.6) is 0 Å². The summed E-state index contributed by atoms with van der Waals surface area (Å²) >= 11 is 0. The zero-order valence-corrected chi connectivity index (χ0v) is 19.5. The van der Waals surface area contributed by atoms with Gasteiger partial charge in [-0.25, -0.2) is 4.99 Å². The largest absolute Gasteiger partial charge is 0.300 e. The summed E-state index contributed by atoms with van der Waals surface area (Å²) in [7, 11) is 0. The Balaban J connectivity index is 1.42. The van der Waals surface area contributed by atoms with Crippen molar-refractivity contribution in [3.8, 4) is 12.0 Å². The van der Waals surface area contributed by atoms with Gasteiger partial charge in [0.15, 0.2) is 0 Å². The first-order valence-corrected chi connectivity index (χ1v) is 12.4. The minimum atomic E-state index is 0.357. The molecule has 2 aliphatic heterocycles. The predicted molar refractivity (Wildman–Crippen MR) is 135 cm³/mol. The van der Waals surface area contributed by atoms with Crippen LogP contribution in [0, 0.1) is 12.0 Å². The highest BCUT2D eigenvalue weighted by molar-refractivity contribution is 6.06. The van der Waals surface area contributed by atoms with E-state index in [0.29, 0.717) is 25.0 Å². The van der Waals surface area contributed by atoms with E-state index in [4.69, 9.17) is 4.99 Å². The Bertz CT molecular complexity index is 1050. The van der Waals surface area contributed by atoms with Crippen LogP contribution in [0.25, 0.3) is 0 Å². The van der Waals surface area contributed by atoms with E-state index >= 15 is 0 Å². The fourth-order valence-corrected chi connectivity index (χ4v) is 4.54. The van der Waals surface area contributed by atoms with Gasteiger partial charge in [-0.3, -0.25) is 20.6 Å². The average Bonchev–Trinajstić information content (AvgIpc) is 3.25. The number of aryl methyl sites for hydroxylation is 2. The molecule has 0 unspecified atom stereocenters. The molecule has 172 valence electrons. The molecule has 0 saturated heterocycles. The van der Waals surface area contributed by atoms with Gasteiger partial charge in [-0.2, -0.15) is 0 Å². The number of aromatic nitrogens is 1. The third kappa shape index (κ3) is 7.18. The van der Waals surface area contributed by atoms with Crippen LogP contribution < -0.4 is 10.9 Å². The molecule has 0 amide bonds. The third-order valence-corrected chi connectivity index (χ3v) is 6.41. The van der Waals surface area contributed by atoms with Crippen LogP contribution in [0.1, 0.15) is 81.0 Å². The molecule has 0 saturated carbocycles. The van der Waals surface area contributed by atoms with E-state index in [1.807, 2.05) is 18.3 Å². The molecule has 5 nitrogen and oxygen atoms in total. The van der Waals surface area contributed by atoms with Gasteiger partial charge in [-0.1, -0.05) is 50.7 Å². The molecule has 3 heterocycles. The van der Waals surface area contributed by atoms with Crippen molar-refractivity contribution < 1.29 is 4.79 Å². The number of nitrogens with zero attached hydrogens (tertiary/aromatic N) is 2. The molecule has 4 rings (SSSR count). The lowest BCUT2D eigenvalue weighted by atomic mass is 10.0. The molecule has 33 heavy (non-hydrogen) atoms. The number of nitrogens with one attached hydrogen (secondary N) is 2. The van der Waals surface area contributed by atoms with Crippen molar-refractivity contribution in [1.29, 1.82) is 0 Å². The van der Waals surface area contributed by atoms with Gasteiger partial charge in [0.05, 0.1) is 22.8 Å². The van der Waals surface area contributed by atoms with E-state index in [2.05, 4.69) is 46.0 Å². The second-order valence-corrected chi connectivity index (χ2v) is 9.07. The van der Waals surface area contributed by atoms with Crippen LogP contribution in [0.3, 0.4) is 0 Å². The van der Waals surface area contributed by atoms with Crippen molar-refractivity contribution in [3.63, 3.8) is 0 Å². The number of benzene rings is 1. The molecular formula is C28H34N4O. The number of hydrogen-bond donors (Lipinski definition) is 2. The number of aliphatic imine (C=N–C) groups is 1. The molecule has 0 radical (unpaired) electrons. The van der Waals surface area contributed by atoms with Crippen LogP contribution in [0.15, 0.2) is 41.5 Å². The van der Waals surface area contributed by atoms with Crippen molar-refractivity contribution in [2.45, 2.75) is 83.5 Å².